The van der Waals surface area contributed by atoms with Crippen molar-refractivity contribution in [3.63, 3.8) is 0 Å². The number of carbonyl (C=O) groups is 1. The number of aliphatic hydroxyl groups excluding tert-OH is 4. The van der Waals surface area contributed by atoms with E-state index in [1.807, 2.05) is 18.2 Å². The molecule has 206 valence electrons. The number of cyclic esters (lactones) is 1. The van der Waals surface area contributed by atoms with Gasteiger partial charge in [-0.3, -0.25) is 0 Å². The van der Waals surface area contributed by atoms with Gasteiger partial charge in [-0.15, -0.1) is 0 Å². The van der Waals surface area contributed by atoms with Gasteiger partial charge in [0.25, 0.3) is 0 Å². The van der Waals surface area contributed by atoms with Crippen molar-refractivity contribution >= 4 is 12.0 Å². The lowest BCUT2D eigenvalue weighted by Gasteiger charge is -2.39. The monoisotopic (exact) mass is 532 g/mol. The van der Waals surface area contributed by atoms with E-state index >= 15 is 0 Å². The Morgan fingerprint density at radius 3 is 2.26 bits per heavy atom. The van der Waals surface area contributed by atoms with Crippen LogP contribution in [0.3, 0.4) is 0 Å². The van der Waals surface area contributed by atoms with Crippen molar-refractivity contribution in [3.05, 3.63) is 53.1 Å². The van der Waals surface area contributed by atoms with Crippen LogP contribution in [-0.4, -0.2) is 91.6 Å². The number of benzene rings is 2. The maximum Gasteiger partial charge on any atom is 0.334 e. The maximum absolute atomic E-state index is 12.5. The van der Waals surface area contributed by atoms with Gasteiger partial charge in [0.15, 0.2) is 23.0 Å². The third-order valence-corrected chi connectivity index (χ3v) is 6.62. The summed E-state index contributed by atoms with van der Waals surface area (Å²) < 4.78 is 32.6. The predicted octanol–water partition coefficient (Wildman–Crippen LogP) is 0.690. The first-order valence-electron chi connectivity index (χ1n) is 12.0. The molecule has 0 bridgehead atoms. The Labute approximate surface area is 219 Å². The Bertz CT molecular complexity index is 1160. The lowest BCUT2D eigenvalue weighted by atomic mass is 9.92. The van der Waals surface area contributed by atoms with Crippen LogP contribution >= 0.6 is 0 Å². The Balaban J connectivity index is 1.53. The van der Waals surface area contributed by atoms with Gasteiger partial charge in [-0.2, -0.15) is 0 Å². The first-order chi connectivity index (χ1) is 18.3. The SMILES string of the molecule is COc1ccc(C[C@@H]2COC(=O)C2=Cc2ccc(O[C@@H]3O[C@@H](CO)[C@@H](O)[C@H](O)[C@H]3O)c(OC)c2)cc1OC. The summed E-state index contributed by atoms with van der Waals surface area (Å²) in [7, 11) is 4.56. The summed E-state index contributed by atoms with van der Waals surface area (Å²) in [4.78, 5) is 12.5. The Kier molecular flexibility index (Phi) is 8.75. The average Bonchev–Trinajstić information content (AvgIpc) is 3.27. The number of carbonyl (C=O) groups excluding carboxylic acids is 1. The van der Waals surface area contributed by atoms with Crippen molar-refractivity contribution in [2.45, 2.75) is 37.1 Å². The zero-order valence-electron chi connectivity index (χ0n) is 21.3. The third-order valence-electron chi connectivity index (χ3n) is 6.62. The van der Waals surface area contributed by atoms with Crippen molar-refractivity contribution in [2.75, 3.05) is 34.5 Å². The van der Waals surface area contributed by atoms with Crippen molar-refractivity contribution in [1.82, 2.24) is 0 Å². The van der Waals surface area contributed by atoms with E-state index < -0.39 is 43.3 Å². The van der Waals surface area contributed by atoms with Crippen LogP contribution in [-0.2, 0) is 20.7 Å². The number of hydrogen-bond donors (Lipinski definition) is 4. The summed E-state index contributed by atoms with van der Waals surface area (Å²) in [5, 5.41) is 39.7. The lowest BCUT2D eigenvalue weighted by Crippen LogP contribution is -2.60. The van der Waals surface area contributed by atoms with E-state index in [9.17, 15) is 25.2 Å². The summed E-state index contributed by atoms with van der Waals surface area (Å²) in [6, 6.07) is 10.5. The molecule has 38 heavy (non-hydrogen) atoms. The van der Waals surface area contributed by atoms with E-state index in [1.165, 1.54) is 7.11 Å². The zero-order valence-corrected chi connectivity index (χ0v) is 21.3. The summed E-state index contributed by atoms with van der Waals surface area (Å²) in [6.07, 6.45) is -4.83. The molecule has 0 radical (unpaired) electrons. The largest absolute Gasteiger partial charge is 0.493 e. The Hall–Kier alpha value is -3.35. The number of hydrogen-bond acceptors (Lipinski definition) is 11. The molecule has 0 amide bonds. The molecule has 4 N–H and O–H groups in total. The van der Waals surface area contributed by atoms with Crippen LogP contribution in [0.5, 0.6) is 23.0 Å². The molecule has 2 saturated heterocycles. The highest BCUT2D eigenvalue weighted by atomic mass is 16.7. The lowest BCUT2D eigenvalue weighted by molar-refractivity contribution is -0.277. The molecule has 11 nitrogen and oxygen atoms in total. The van der Waals surface area contributed by atoms with Gasteiger partial charge in [0.05, 0.1) is 34.5 Å². The first-order valence-corrected chi connectivity index (χ1v) is 12.0. The van der Waals surface area contributed by atoms with E-state index in [4.69, 9.17) is 28.4 Å². The highest BCUT2D eigenvalue weighted by Gasteiger charge is 2.45. The second kappa shape index (κ2) is 12.0. The number of methoxy groups -OCH3 is 3. The van der Waals surface area contributed by atoms with E-state index in [0.29, 0.717) is 29.1 Å². The van der Waals surface area contributed by atoms with Crippen LogP contribution in [0.1, 0.15) is 11.1 Å². The van der Waals surface area contributed by atoms with Gasteiger partial charge in [0.2, 0.25) is 6.29 Å². The normalized spacial score (nSPS) is 28.2. The molecule has 6 atom stereocenters. The minimum absolute atomic E-state index is 0.184. The molecule has 2 aliphatic rings. The van der Waals surface area contributed by atoms with Gasteiger partial charge in [-0.1, -0.05) is 12.1 Å². The minimum Gasteiger partial charge on any atom is -0.493 e. The fourth-order valence-electron chi connectivity index (χ4n) is 4.49. The third kappa shape index (κ3) is 5.71. The van der Waals surface area contributed by atoms with Crippen LogP contribution in [0, 0.1) is 5.92 Å². The molecule has 2 fully saturated rings. The maximum atomic E-state index is 12.5. The highest BCUT2D eigenvalue weighted by Crippen LogP contribution is 2.35. The molecule has 11 heteroatoms. The topological polar surface area (TPSA) is 153 Å². The van der Waals surface area contributed by atoms with Gasteiger partial charge in [0, 0.05) is 11.5 Å². The molecule has 2 aromatic carbocycles. The average molecular weight is 533 g/mol. The van der Waals surface area contributed by atoms with Gasteiger partial charge < -0.3 is 48.8 Å². The molecule has 0 aromatic heterocycles. The van der Waals surface area contributed by atoms with Gasteiger partial charge in [-0.25, -0.2) is 4.79 Å². The van der Waals surface area contributed by atoms with E-state index in [2.05, 4.69) is 0 Å². The van der Waals surface area contributed by atoms with Gasteiger partial charge >= 0.3 is 5.97 Å². The summed E-state index contributed by atoms with van der Waals surface area (Å²) >= 11 is 0. The van der Waals surface area contributed by atoms with Crippen molar-refractivity contribution in [2.24, 2.45) is 5.92 Å². The standard InChI is InChI=1S/C27H32O11/c1-33-18-6-4-14(10-20(18)34-2)8-16-13-36-26(32)17(16)9-15-5-7-19(21(11-15)35-3)37-27-25(31)24(30)23(29)22(12-28)38-27/h4-7,9-11,16,22-25,27-31H,8,12-13H2,1-3H3/t16-,22+,23-,24+,25-,27-/m1/s1. The molecule has 0 spiro atoms. The van der Waals surface area contributed by atoms with Crippen LogP contribution in [0.4, 0.5) is 0 Å². The van der Waals surface area contributed by atoms with Crippen molar-refractivity contribution < 1.29 is 53.6 Å². The second-order valence-electron chi connectivity index (χ2n) is 9.01. The molecule has 2 aliphatic heterocycles. The fraction of sp³-hybridized carbons (Fsp3) is 0.444. The molecule has 2 heterocycles. The van der Waals surface area contributed by atoms with Crippen molar-refractivity contribution in [3.8, 4) is 23.0 Å². The molecule has 0 unspecified atom stereocenters. The molecule has 0 aliphatic carbocycles. The fourth-order valence-corrected chi connectivity index (χ4v) is 4.49. The predicted molar refractivity (Wildman–Crippen MR) is 133 cm³/mol. The number of rotatable bonds is 9. The summed E-state index contributed by atoms with van der Waals surface area (Å²) in [6.45, 7) is -0.330. The number of ether oxygens (including phenoxy) is 6. The van der Waals surface area contributed by atoms with Gasteiger partial charge in [-0.05, 0) is 47.9 Å². The summed E-state index contributed by atoms with van der Waals surface area (Å²) in [5.41, 5.74) is 2.11. The highest BCUT2D eigenvalue weighted by molar-refractivity contribution is 5.96. The van der Waals surface area contributed by atoms with E-state index in [-0.39, 0.29) is 24.0 Å². The summed E-state index contributed by atoms with van der Waals surface area (Å²) in [5.74, 6) is 1.09. The van der Waals surface area contributed by atoms with E-state index in [1.54, 1.807) is 38.5 Å². The van der Waals surface area contributed by atoms with Gasteiger partial charge in [0.1, 0.15) is 24.4 Å². The Morgan fingerprint density at radius 2 is 1.58 bits per heavy atom. The second-order valence-corrected chi connectivity index (χ2v) is 9.01. The molecular weight excluding hydrogens is 500 g/mol. The van der Waals surface area contributed by atoms with Crippen LogP contribution in [0.2, 0.25) is 0 Å². The number of aliphatic hydroxyl groups is 4. The molecule has 0 saturated carbocycles. The van der Waals surface area contributed by atoms with Crippen LogP contribution in [0.25, 0.3) is 6.08 Å². The smallest absolute Gasteiger partial charge is 0.334 e. The van der Waals surface area contributed by atoms with Crippen LogP contribution < -0.4 is 18.9 Å². The quantitative estimate of drug-likeness (QED) is 0.266. The first kappa shape index (κ1) is 27.7. The van der Waals surface area contributed by atoms with Crippen LogP contribution in [0.15, 0.2) is 42.0 Å². The van der Waals surface area contributed by atoms with Crippen molar-refractivity contribution in [1.29, 1.82) is 0 Å². The molecule has 4 rings (SSSR count). The zero-order chi connectivity index (χ0) is 27.4. The molecular formula is C27H32O11. The minimum atomic E-state index is -1.57. The number of esters is 1. The Morgan fingerprint density at radius 1 is 0.895 bits per heavy atom. The molecule has 2 aromatic rings. The van der Waals surface area contributed by atoms with E-state index in [0.717, 1.165) is 5.56 Å².